The molecule has 3 nitrogen and oxygen atoms in total. The third-order valence-corrected chi connectivity index (χ3v) is 4.14. The molecule has 1 atom stereocenters. The van der Waals surface area contributed by atoms with Gasteiger partial charge in [-0.3, -0.25) is 0 Å². The molecule has 2 aromatic rings. The minimum absolute atomic E-state index is 0.0456. The summed E-state index contributed by atoms with van der Waals surface area (Å²) in [6.45, 7) is 6.43. The summed E-state index contributed by atoms with van der Waals surface area (Å²) in [5, 5.41) is 0. The van der Waals surface area contributed by atoms with Gasteiger partial charge >= 0.3 is 0 Å². The van der Waals surface area contributed by atoms with E-state index in [0.717, 1.165) is 34.3 Å². The van der Waals surface area contributed by atoms with Gasteiger partial charge in [0.15, 0.2) is 0 Å². The van der Waals surface area contributed by atoms with Gasteiger partial charge in [0.1, 0.15) is 5.65 Å². The maximum Gasteiger partial charge on any atom is 0.137 e. The molecule has 0 saturated carbocycles. The van der Waals surface area contributed by atoms with Crippen molar-refractivity contribution in [2.24, 2.45) is 11.7 Å². The molecule has 4 heteroatoms. The molecule has 0 aliphatic rings. The van der Waals surface area contributed by atoms with E-state index in [0.29, 0.717) is 5.92 Å². The van der Waals surface area contributed by atoms with E-state index in [9.17, 15) is 0 Å². The SMILES string of the molecule is CCC(CC)C(N)c1c(C)nc2ccc(Br)cn12. The first kappa shape index (κ1) is 13.6. The van der Waals surface area contributed by atoms with Crippen LogP contribution in [0.4, 0.5) is 0 Å². The third kappa shape index (κ3) is 2.31. The molecule has 2 heterocycles. The number of rotatable bonds is 4. The molecule has 18 heavy (non-hydrogen) atoms. The summed E-state index contributed by atoms with van der Waals surface area (Å²) in [4.78, 5) is 4.59. The van der Waals surface area contributed by atoms with Crippen LogP contribution in [0.15, 0.2) is 22.8 Å². The predicted octanol–water partition coefficient (Wildman–Crippen LogP) is 3.84. The molecule has 0 amide bonds. The van der Waals surface area contributed by atoms with Crippen LogP contribution in [0.2, 0.25) is 0 Å². The summed E-state index contributed by atoms with van der Waals surface area (Å²) >= 11 is 3.51. The largest absolute Gasteiger partial charge is 0.322 e. The molecule has 2 N–H and O–H groups in total. The summed E-state index contributed by atoms with van der Waals surface area (Å²) in [5.74, 6) is 0.502. The molecule has 0 fully saturated rings. The fourth-order valence-corrected chi connectivity index (χ4v) is 2.91. The number of imidazole rings is 1. The van der Waals surface area contributed by atoms with Gasteiger partial charge in [-0.25, -0.2) is 4.98 Å². The van der Waals surface area contributed by atoms with Gasteiger partial charge in [-0.2, -0.15) is 0 Å². The topological polar surface area (TPSA) is 43.3 Å². The standard InChI is InChI=1S/C14H20BrN3/c1-4-10(5-2)13(16)14-9(3)17-12-7-6-11(15)8-18(12)14/h6-8,10,13H,4-5,16H2,1-3H3. The van der Waals surface area contributed by atoms with Crippen LogP contribution in [-0.4, -0.2) is 9.38 Å². The predicted molar refractivity (Wildman–Crippen MR) is 78.6 cm³/mol. The monoisotopic (exact) mass is 309 g/mol. The number of aromatic nitrogens is 2. The van der Waals surface area contributed by atoms with Crippen molar-refractivity contribution in [2.75, 3.05) is 0 Å². The molecule has 0 aliphatic carbocycles. The average Bonchev–Trinajstić information content (AvgIpc) is 2.65. The van der Waals surface area contributed by atoms with Crippen LogP contribution >= 0.6 is 15.9 Å². The minimum atomic E-state index is 0.0456. The van der Waals surface area contributed by atoms with E-state index in [2.05, 4.69) is 39.2 Å². The first-order chi connectivity index (χ1) is 8.58. The molecule has 0 bridgehead atoms. The molecule has 0 aliphatic heterocycles. The molecule has 98 valence electrons. The number of hydrogen-bond donors (Lipinski definition) is 1. The lowest BCUT2D eigenvalue weighted by molar-refractivity contribution is 0.396. The second-order valence-electron chi connectivity index (χ2n) is 4.76. The highest BCUT2D eigenvalue weighted by molar-refractivity contribution is 9.10. The van der Waals surface area contributed by atoms with Crippen molar-refractivity contribution in [3.05, 3.63) is 34.2 Å². The number of aryl methyl sites for hydroxylation is 1. The summed E-state index contributed by atoms with van der Waals surface area (Å²) in [6.07, 6.45) is 4.24. The highest BCUT2D eigenvalue weighted by Crippen LogP contribution is 2.28. The zero-order chi connectivity index (χ0) is 13.3. The zero-order valence-electron chi connectivity index (χ0n) is 11.2. The second-order valence-corrected chi connectivity index (χ2v) is 5.68. The van der Waals surface area contributed by atoms with Crippen LogP contribution in [0.25, 0.3) is 5.65 Å². The van der Waals surface area contributed by atoms with Crippen molar-refractivity contribution in [3.63, 3.8) is 0 Å². The Kier molecular flexibility index (Phi) is 4.07. The van der Waals surface area contributed by atoms with E-state index in [1.165, 1.54) is 0 Å². The van der Waals surface area contributed by atoms with Crippen molar-refractivity contribution in [1.29, 1.82) is 0 Å². The number of nitrogens with zero attached hydrogens (tertiary/aromatic N) is 2. The summed E-state index contributed by atoms with van der Waals surface area (Å²) in [6, 6.07) is 4.07. The lowest BCUT2D eigenvalue weighted by atomic mass is 9.92. The van der Waals surface area contributed by atoms with Crippen molar-refractivity contribution >= 4 is 21.6 Å². The highest BCUT2D eigenvalue weighted by Gasteiger charge is 2.22. The van der Waals surface area contributed by atoms with E-state index in [1.807, 2.05) is 25.3 Å². The summed E-state index contributed by atoms with van der Waals surface area (Å²) in [5.41, 5.74) is 9.58. The lowest BCUT2D eigenvalue weighted by Crippen LogP contribution is -2.22. The average molecular weight is 310 g/mol. The van der Waals surface area contributed by atoms with Gasteiger partial charge in [-0.05, 0) is 40.9 Å². The normalized spacial score (nSPS) is 13.4. The van der Waals surface area contributed by atoms with Crippen molar-refractivity contribution in [2.45, 2.75) is 39.7 Å². The van der Waals surface area contributed by atoms with E-state index in [4.69, 9.17) is 5.73 Å². The van der Waals surface area contributed by atoms with E-state index in [-0.39, 0.29) is 6.04 Å². The second kappa shape index (κ2) is 5.41. The molecule has 1 unspecified atom stereocenters. The van der Waals surface area contributed by atoms with Gasteiger partial charge in [-0.1, -0.05) is 26.7 Å². The van der Waals surface area contributed by atoms with Gasteiger partial charge in [0, 0.05) is 10.7 Å². The number of fused-ring (bicyclic) bond motifs is 1. The first-order valence-electron chi connectivity index (χ1n) is 6.48. The Labute approximate surface area is 117 Å². The molecule has 0 saturated heterocycles. The van der Waals surface area contributed by atoms with E-state index in [1.54, 1.807) is 0 Å². The Hall–Kier alpha value is -0.870. The molecule has 0 aromatic carbocycles. The van der Waals surface area contributed by atoms with Crippen LogP contribution in [0.3, 0.4) is 0 Å². The van der Waals surface area contributed by atoms with E-state index >= 15 is 0 Å². The molecule has 0 radical (unpaired) electrons. The highest BCUT2D eigenvalue weighted by atomic mass is 79.9. The fourth-order valence-electron chi connectivity index (χ4n) is 2.58. The van der Waals surface area contributed by atoms with Crippen LogP contribution < -0.4 is 5.73 Å². The Balaban J connectivity index is 2.55. The first-order valence-corrected chi connectivity index (χ1v) is 7.27. The molecular weight excluding hydrogens is 290 g/mol. The maximum absolute atomic E-state index is 6.45. The summed E-state index contributed by atoms with van der Waals surface area (Å²) < 4.78 is 3.16. The fraction of sp³-hybridized carbons (Fsp3) is 0.500. The Morgan fingerprint density at radius 1 is 1.33 bits per heavy atom. The van der Waals surface area contributed by atoms with Gasteiger partial charge in [0.2, 0.25) is 0 Å². The van der Waals surface area contributed by atoms with Crippen LogP contribution in [0.1, 0.15) is 44.1 Å². The number of hydrogen-bond acceptors (Lipinski definition) is 2. The quantitative estimate of drug-likeness (QED) is 0.932. The van der Waals surface area contributed by atoms with Crippen molar-refractivity contribution < 1.29 is 0 Å². The minimum Gasteiger partial charge on any atom is -0.322 e. The lowest BCUT2D eigenvalue weighted by Gasteiger charge is -2.21. The zero-order valence-corrected chi connectivity index (χ0v) is 12.7. The van der Waals surface area contributed by atoms with Gasteiger partial charge in [-0.15, -0.1) is 0 Å². The molecule has 2 rings (SSSR count). The van der Waals surface area contributed by atoms with E-state index < -0.39 is 0 Å². The smallest absolute Gasteiger partial charge is 0.137 e. The Bertz CT molecular complexity index is 543. The van der Waals surface area contributed by atoms with Crippen molar-refractivity contribution in [1.82, 2.24) is 9.38 Å². The number of pyridine rings is 1. The summed E-state index contributed by atoms with van der Waals surface area (Å²) in [7, 11) is 0. The maximum atomic E-state index is 6.45. The van der Waals surface area contributed by atoms with Crippen LogP contribution in [0, 0.1) is 12.8 Å². The number of nitrogens with two attached hydrogens (primary N) is 1. The van der Waals surface area contributed by atoms with Crippen LogP contribution in [0.5, 0.6) is 0 Å². The van der Waals surface area contributed by atoms with Gasteiger partial charge < -0.3 is 10.1 Å². The van der Waals surface area contributed by atoms with Crippen LogP contribution in [-0.2, 0) is 0 Å². The number of halogens is 1. The third-order valence-electron chi connectivity index (χ3n) is 3.68. The molecular formula is C14H20BrN3. The molecule has 2 aromatic heterocycles. The Morgan fingerprint density at radius 3 is 2.61 bits per heavy atom. The Morgan fingerprint density at radius 2 is 2.00 bits per heavy atom. The van der Waals surface area contributed by atoms with Crippen molar-refractivity contribution in [3.8, 4) is 0 Å². The van der Waals surface area contributed by atoms with Gasteiger partial charge in [0.25, 0.3) is 0 Å². The van der Waals surface area contributed by atoms with Gasteiger partial charge in [0.05, 0.1) is 17.4 Å². The molecule has 0 spiro atoms.